The van der Waals surface area contributed by atoms with Gasteiger partial charge in [-0.25, -0.2) is 12.8 Å². The van der Waals surface area contributed by atoms with Crippen molar-refractivity contribution in [3.05, 3.63) is 71.2 Å². The molecule has 1 amide bonds. The van der Waals surface area contributed by atoms with Crippen molar-refractivity contribution in [1.29, 1.82) is 0 Å². The first kappa shape index (κ1) is 20.7. The molecule has 1 saturated heterocycles. The molecule has 1 fully saturated rings. The third-order valence-corrected chi connectivity index (χ3v) is 7.75. The number of thiophene rings is 1. The van der Waals surface area contributed by atoms with Crippen LogP contribution in [0, 0.1) is 11.7 Å². The predicted octanol–water partition coefficient (Wildman–Crippen LogP) is 4.59. The first-order chi connectivity index (χ1) is 14.4. The van der Waals surface area contributed by atoms with E-state index in [9.17, 15) is 17.6 Å². The number of carbonyl (C=O) groups is 1. The summed E-state index contributed by atoms with van der Waals surface area (Å²) in [7, 11) is -3.77. The zero-order valence-electron chi connectivity index (χ0n) is 16.1. The van der Waals surface area contributed by atoms with Gasteiger partial charge in [0.05, 0.1) is 10.8 Å². The van der Waals surface area contributed by atoms with Crippen molar-refractivity contribution in [3.8, 4) is 11.1 Å². The number of carbonyl (C=O) groups excluding carboxylic acids is 1. The largest absolute Gasteiger partial charge is 0.326 e. The molecule has 2 heterocycles. The molecule has 0 spiro atoms. The summed E-state index contributed by atoms with van der Waals surface area (Å²) in [4.78, 5) is 12.9. The Balaban J connectivity index is 1.46. The minimum atomic E-state index is -3.77. The maximum atomic E-state index is 13.1. The van der Waals surface area contributed by atoms with E-state index in [-0.39, 0.29) is 17.3 Å². The van der Waals surface area contributed by atoms with E-state index >= 15 is 0 Å². The fourth-order valence-corrected chi connectivity index (χ4v) is 5.77. The summed E-state index contributed by atoms with van der Waals surface area (Å²) in [6.45, 7) is 0.451. The van der Waals surface area contributed by atoms with Crippen LogP contribution in [0.3, 0.4) is 0 Å². The molecule has 1 unspecified atom stereocenters. The number of rotatable bonds is 5. The number of hydrogen-bond donors (Lipinski definition) is 1. The van der Waals surface area contributed by atoms with E-state index in [2.05, 4.69) is 5.32 Å². The number of amides is 1. The quantitative estimate of drug-likeness (QED) is 0.626. The monoisotopic (exact) mass is 444 g/mol. The van der Waals surface area contributed by atoms with Gasteiger partial charge in [-0.1, -0.05) is 12.1 Å². The van der Waals surface area contributed by atoms with Gasteiger partial charge in [0.2, 0.25) is 15.9 Å². The Morgan fingerprint density at radius 1 is 1.10 bits per heavy atom. The van der Waals surface area contributed by atoms with Crippen LogP contribution >= 0.6 is 11.3 Å². The Kier molecular flexibility index (Phi) is 5.99. The molecule has 8 heteroatoms. The summed E-state index contributed by atoms with van der Waals surface area (Å²) in [5.41, 5.74) is 2.78. The van der Waals surface area contributed by atoms with Gasteiger partial charge in [0.25, 0.3) is 0 Å². The van der Waals surface area contributed by atoms with Gasteiger partial charge in [-0.2, -0.15) is 15.6 Å². The number of nitrogens with one attached hydrogen (secondary N) is 1. The fraction of sp³-hybridized carbons (Fsp3) is 0.227. The topological polar surface area (TPSA) is 66.5 Å². The van der Waals surface area contributed by atoms with Crippen LogP contribution in [0.15, 0.2) is 70.3 Å². The van der Waals surface area contributed by atoms with Gasteiger partial charge in [-0.3, -0.25) is 4.79 Å². The maximum Gasteiger partial charge on any atom is 0.243 e. The van der Waals surface area contributed by atoms with Crippen molar-refractivity contribution in [2.75, 3.05) is 18.4 Å². The lowest BCUT2D eigenvalue weighted by Crippen LogP contribution is -2.43. The minimum absolute atomic E-state index is 0.0356. The van der Waals surface area contributed by atoms with Crippen LogP contribution in [0.25, 0.3) is 11.1 Å². The average Bonchev–Trinajstić information content (AvgIpc) is 3.29. The molecule has 3 aromatic rings. The molecule has 1 atom stereocenters. The summed E-state index contributed by atoms with van der Waals surface area (Å²) >= 11 is 1.61. The van der Waals surface area contributed by atoms with Gasteiger partial charge >= 0.3 is 0 Å². The molecular weight excluding hydrogens is 423 g/mol. The summed E-state index contributed by atoms with van der Waals surface area (Å²) in [6.07, 6.45) is 1.21. The maximum absolute atomic E-state index is 13.1. The van der Waals surface area contributed by atoms with Crippen molar-refractivity contribution in [1.82, 2.24) is 4.31 Å². The van der Waals surface area contributed by atoms with Crippen molar-refractivity contribution in [2.24, 2.45) is 5.92 Å². The molecule has 4 rings (SSSR count). The van der Waals surface area contributed by atoms with E-state index in [1.807, 2.05) is 41.1 Å². The molecule has 1 N–H and O–H groups in total. The van der Waals surface area contributed by atoms with Crippen LogP contribution in [-0.4, -0.2) is 31.7 Å². The Morgan fingerprint density at radius 3 is 2.63 bits per heavy atom. The summed E-state index contributed by atoms with van der Waals surface area (Å²) in [5.74, 6) is -1.13. The van der Waals surface area contributed by atoms with Gasteiger partial charge in [0.15, 0.2) is 0 Å². The van der Waals surface area contributed by atoms with Crippen LogP contribution in [0.4, 0.5) is 10.1 Å². The lowest BCUT2D eigenvalue weighted by molar-refractivity contribution is -0.120. The Morgan fingerprint density at radius 2 is 1.90 bits per heavy atom. The summed E-state index contributed by atoms with van der Waals surface area (Å²) < 4.78 is 40.2. The first-order valence-corrected chi connectivity index (χ1v) is 12.0. The van der Waals surface area contributed by atoms with Crippen LogP contribution < -0.4 is 5.32 Å². The van der Waals surface area contributed by atoms with Crippen LogP contribution in [0.2, 0.25) is 0 Å². The van der Waals surface area contributed by atoms with Gasteiger partial charge < -0.3 is 5.32 Å². The average molecular weight is 445 g/mol. The fourth-order valence-electron chi connectivity index (χ4n) is 3.58. The van der Waals surface area contributed by atoms with Crippen molar-refractivity contribution in [2.45, 2.75) is 17.7 Å². The van der Waals surface area contributed by atoms with E-state index in [0.717, 1.165) is 23.3 Å². The zero-order chi connectivity index (χ0) is 21.1. The van der Waals surface area contributed by atoms with E-state index in [4.69, 9.17) is 0 Å². The second-order valence-electron chi connectivity index (χ2n) is 7.24. The molecule has 0 saturated carbocycles. The molecule has 1 aliphatic rings. The molecule has 156 valence electrons. The Hall–Kier alpha value is -2.55. The number of benzene rings is 2. The third kappa shape index (κ3) is 4.45. The molecular formula is C22H21FN2O3S2. The molecule has 30 heavy (non-hydrogen) atoms. The Bertz CT molecular complexity index is 1130. The number of hydrogen-bond acceptors (Lipinski definition) is 4. The second kappa shape index (κ2) is 8.67. The molecule has 2 aromatic carbocycles. The van der Waals surface area contributed by atoms with Crippen molar-refractivity contribution >= 4 is 33.0 Å². The predicted molar refractivity (Wildman–Crippen MR) is 116 cm³/mol. The summed E-state index contributed by atoms with van der Waals surface area (Å²) in [6, 6.07) is 14.4. The van der Waals surface area contributed by atoms with Gasteiger partial charge in [0.1, 0.15) is 5.82 Å². The highest BCUT2D eigenvalue weighted by Crippen LogP contribution is 2.27. The smallest absolute Gasteiger partial charge is 0.243 e. The minimum Gasteiger partial charge on any atom is -0.326 e. The lowest BCUT2D eigenvalue weighted by atomic mass is 9.98. The molecule has 1 aliphatic heterocycles. The third-order valence-electron chi connectivity index (χ3n) is 5.19. The first-order valence-electron chi connectivity index (χ1n) is 9.63. The normalized spacial score (nSPS) is 17.6. The van der Waals surface area contributed by atoms with Crippen LogP contribution in [0.1, 0.15) is 12.8 Å². The van der Waals surface area contributed by atoms with E-state index in [1.54, 1.807) is 11.3 Å². The SMILES string of the molecule is O=C(Nc1cccc(-c2ccsc2)c1)C1CCCN(S(=O)(=O)c2ccc(F)cc2)C1. The number of sulfonamides is 1. The number of piperidine rings is 1. The molecule has 1 aromatic heterocycles. The standard InChI is InChI=1S/C22H21FN2O3S2/c23-19-6-8-21(9-7-19)30(27,28)25-11-2-4-17(14-25)22(26)24-20-5-1-3-16(13-20)18-10-12-29-15-18/h1,3,5-10,12-13,15,17H,2,4,11,14H2,(H,24,26). The molecule has 0 aliphatic carbocycles. The highest BCUT2D eigenvalue weighted by atomic mass is 32.2. The zero-order valence-corrected chi connectivity index (χ0v) is 17.8. The highest BCUT2D eigenvalue weighted by Gasteiger charge is 2.33. The van der Waals surface area contributed by atoms with E-state index in [1.165, 1.54) is 16.4 Å². The highest BCUT2D eigenvalue weighted by molar-refractivity contribution is 7.89. The molecule has 0 radical (unpaired) electrons. The number of anilines is 1. The van der Waals surface area contributed by atoms with E-state index in [0.29, 0.717) is 25.1 Å². The number of halogens is 1. The van der Waals surface area contributed by atoms with E-state index < -0.39 is 21.8 Å². The van der Waals surface area contributed by atoms with Crippen LogP contribution in [-0.2, 0) is 14.8 Å². The van der Waals surface area contributed by atoms with Gasteiger partial charge in [0, 0.05) is 18.8 Å². The molecule has 5 nitrogen and oxygen atoms in total. The number of nitrogens with zero attached hydrogens (tertiary/aromatic N) is 1. The lowest BCUT2D eigenvalue weighted by Gasteiger charge is -2.31. The van der Waals surface area contributed by atoms with Gasteiger partial charge in [-0.05, 0) is 77.2 Å². The van der Waals surface area contributed by atoms with Crippen LogP contribution in [0.5, 0.6) is 0 Å². The second-order valence-corrected chi connectivity index (χ2v) is 9.96. The van der Waals surface area contributed by atoms with Crippen molar-refractivity contribution < 1.29 is 17.6 Å². The van der Waals surface area contributed by atoms with Crippen molar-refractivity contribution in [3.63, 3.8) is 0 Å². The molecule has 0 bridgehead atoms. The van der Waals surface area contributed by atoms with Gasteiger partial charge in [-0.15, -0.1) is 0 Å². The summed E-state index contributed by atoms with van der Waals surface area (Å²) in [5, 5.41) is 6.97. The Labute approximate surface area is 179 Å².